The van der Waals surface area contributed by atoms with Crippen LogP contribution in [0.5, 0.6) is 0 Å². The van der Waals surface area contributed by atoms with Gasteiger partial charge in [0.2, 0.25) is 11.8 Å². The van der Waals surface area contributed by atoms with E-state index in [0.717, 1.165) is 29.3 Å². The van der Waals surface area contributed by atoms with Gasteiger partial charge in [-0.25, -0.2) is 0 Å². The molecule has 2 heterocycles. The summed E-state index contributed by atoms with van der Waals surface area (Å²) in [6.45, 7) is 2.09. The molecule has 0 unspecified atom stereocenters. The molecule has 4 heteroatoms. The minimum absolute atomic E-state index is 0.589. The molecule has 0 aliphatic heterocycles. The largest absolute Gasteiger partial charge is 0.421 e. The van der Waals surface area contributed by atoms with Gasteiger partial charge in [-0.2, -0.15) is 0 Å². The quantitative estimate of drug-likeness (QED) is 0.747. The predicted octanol–water partition coefficient (Wildman–Crippen LogP) is 3.17. The highest BCUT2D eigenvalue weighted by Crippen LogP contribution is 2.27. The number of nitrogens with one attached hydrogen (secondary N) is 1. The summed E-state index contributed by atoms with van der Waals surface area (Å²) in [6.07, 6.45) is 3.75. The van der Waals surface area contributed by atoms with E-state index in [2.05, 4.69) is 22.1 Å². The number of H-pyrrole nitrogens is 1. The first-order chi connectivity index (χ1) is 8.38. The van der Waals surface area contributed by atoms with E-state index in [-0.39, 0.29) is 0 Å². The van der Waals surface area contributed by atoms with Gasteiger partial charge in [-0.15, -0.1) is 10.2 Å². The van der Waals surface area contributed by atoms with Crippen molar-refractivity contribution in [3.8, 4) is 11.5 Å². The number of hydrogen-bond acceptors (Lipinski definition) is 3. The lowest BCUT2D eigenvalue weighted by Gasteiger charge is -1.91. The zero-order chi connectivity index (χ0) is 11.7. The van der Waals surface area contributed by atoms with E-state index in [0.29, 0.717) is 11.8 Å². The van der Waals surface area contributed by atoms with Crippen LogP contribution in [0.15, 0.2) is 34.9 Å². The third-order valence-corrected chi connectivity index (χ3v) is 2.75. The fourth-order valence-corrected chi connectivity index (χ4v) is 1.93. The summed E-state index contributed by atoms with van der Waals surface area (Å²) in [5, 5.41) is 9.24. The van der Waals surface area contributed by atoms with Crippen LogP contribution >= 0.6 is 0 Å². The van der Waals surface area contributed by atoms with E-state index in [1.165, 1.54) is 0 Å². The molecule has 4 nitrogen and oxygen atoms in total. The fourth-order valence-electron chi connectivity index (χ4n) is 1.93. The topological polar surface area (TPSA) is 54.7 Å². The lowest BCUT2D eigenvalue weighted by atomic mass is 10.2. The molecule has 0 bridgehead atoms. The molecular formula is C13H13N3O. The molecule has 3 aromatic rings. The maximum absolute atomic E-state index is 5.63. The van der Waals surface area contributed by atoms with E-state index in [1.807, 2.05) is 30.5 Å². The van der Waals surface area contributed by atoms with Gasteiger partial charge in [0, 0.05) is 23.5 Å². The lowest BCUT2D eigenvalue weighted by molar-refractivity contribution is 0.502. The number of para-hydroxylation sites is 1. The normalized spacial score (nSPS) is 11.1. The first-order valence-electron chi connectivity index (χ1n) is 5.77. The van der Waals surface area contributed by atoms with Crippen molar-refractivity contribution < 1.29 is 4.42 Å². The van der Waals surface area contributed by atoms with E-state index in [4.69, 9.17) is 4.42 Å². The first-order valence-corrected chi connectivity index (χ1v) is 5.77. The molecule has 2 aromatic heterocycles. The number of aromatic nitrogens is 3. The summed E-state index contributed by atoms with van der Waals surface area (Å²) >= 11 is 0. The average Bonchev–Trinajstić information content (AvgIpc) is 2.95. The Kier molecular flexibility index (Phi) is 2.40. The second-order valence-electron chi connectivity index (χ2n) is 4.00. The molecule has 0 fully saturated rings. The summed E-state index contributed by atoms with van der Waals surface area (Å²) in [5.74, 6) is 1.29. The highest BCUT2D eigenvalue weighted by molar-refractivity contribution is 5.93. The van der Waals surface area contributed by atoms with Crippen molar-refractivity contribution in [1.82, 2.24) is 15.2 Å². The van der Waals surface area contributed by atoms with Crippen LogP contribution in [-0.4, -0.2) is 15.2 Å². The number of hydrogen-bond donors (Lipinski definition) is 1. The molecule has 0 saturated heterocycles. The van der Waals surface area contributed by atoms with Crippen molar-refractivity contribution >= 4 is 10.9 Å². The molecular weight excluding hydrogens is 214 g/mol. The highest BCUT2D eigenvalue weighted by Gasteiger charge is 2.12. The average molecular weight is 227 g/mol. The van der Waals surface area contributed by atoms with Gasteiger partial charge in [0.05, 0.1) is 5.56 Å². The van der Waals surface area contributed by atoms with Crippen LogP contribution in [0.4, 0.5) is 0 Å². The van der Waals surface area contributed by atoms with Crippen molar-refractivity contribution in [2.75, 3.05) is 0 Å². The van der Waals surface area contributed by atoms with Gasteiger partial charge < -0.3 is 9.40 Å². The van der Waals surface area contributed by atoms with Crippen LogP contribution < -0.4 is 0 Å². The standard InChI is InChI=1S/C13H13N3O/c1-2-5-12-15-16-13(17-12)10-8-14-11-7-4-3-6-9(10)11/h3-4,6-8,14H,2,5H2,1H3. The smallest absolute Gasteiger partial charge is 0.249 e. The minimum atomic E-state index is 0.589. The van der Waals surface area contributed by atoms with Crippen LogP contribution in [-0.2, 0) is 6.42 Å². The Balaban J connectivity index is 2.07. The van der Waals surface area contributed by atoms with Gasteiger partial charge >= 0.3 is 0 Å². The monoisotopic (exact) mass is 227 g/mol. The maximum atomic E-state index is 5.63. The Hall–Kier alpha value is -2.10. The summed E-state index contributed by atoms with van der Waals surface area (Å²) in [6, 6.07) is 8.08. The van der Waals surface area contributed by atoms with Crippen molar-refractivity contribution in [3.05, 3.63) is 36.4 Å². The van der Waals surface area contributed by atoms with E-state index >= 15 is 0 Å². The van der Waals surface area contributed by atoms with Gasteiger partial charge in [0.15, 0.2) is 0 Å². The van der Waals surface area contributed by atoms with E-state index < -0.39 is 0 Å². The first kappa shape index (κ1) is 10.1. The molecule has 0 atom stereocenters. The third-order valence-electron chi connectivity index (χ3n) is 2.75. The van der Waals surface area contributed by atoms with Gasteiger partial charge in [0.25, 0.3) is 0 Å². The van der Waals surface area contributed by atoms with E-state index in [9.17, 15) is 0 Å². The molecule has 3 rings (SSSR count). The van der Waals surface area contributed by atoms with Gasteiger partial charge in [-0.1, -0.05) is 25.1 Å². The summed E-state index contributed by atoms with van der Waals surface area (Å²) in [4.78, 5) is 3.20. The summed E-state index contributed by atoms with van der Waals surface area (Å²) < 4.78 is 5.63. The Morgan fingerprint density at radius 1 is 1.24 bits per heavy atom. The number of nitrogens with zero attached hydrogens (tertiary/aromatic N) is 2. The minimum Gasteiger partial charge on any atom is -0.421 e. The van der Waals surface area contributed by atoms with Crippen LogP contribution in [0.1, 0.15) is 19.2 Å². The van der Waals surface area contributed by atoms with Crippen LogP contribution in [0, 0.1) is 0 Å². The molecule has 17 heavy (non-hydrogen) atoms. The second kappa shape index (κ2) is 4.05. The highest BCUT2D eigenvalue weighted by atomic mass is 16.4. The van der Waals surface area contributed by atoms with Crippen molar-refractivity contribution in [2.45, 2.75) is 19.8 Å². The summed E-state index contributed by atoms with van der Waals surface area (Å²) in [5.41, 5.74) is 2.05. The molecule has 86 valence electrons. The number of aromatic amines is 1. The van der Waals surface area contributed by atoms with Crippen LogP contribution in [0.2, 0.25) is 0 Å². The SMILES string of the molecule is CCCc1nnc(-c2c[nH]c3ccccc23)o1. The van der Waals surface area contributed by atoms with Gasteiger partial charge in [-0.3, -0.25) is 0 Å². The Morgan fingerprint density at radius 2 is 2.12 bits per heavy atom. The van der Waals surface area contributed by atoms with Crippen LogP contribution in [0.25, 0.3) is 22.4 Å². The molecule has 0 aliphatic rings. The Morgan fingerprint density at radius 3 is 3.00 bits per heavy atom. The third kappa shape index (κ3) is 1.71. The lowest BCUT2D eigenvalue weighted by Crippen LogP contribution is -1.80. The van der Waals surface area contributed by atoms with E-state index in [1.54, 1.807) is 0 Å². The molecule has 0 aliphatic carbocycles. The van der Waals surface area contributed by atoms with Crippen molar-refractivity contribution in [3.63, 3.8) is 0 Å². The number of rotatable bonds is 3. The second-order valence-corrected chi connectivity index (χ2v) is 4.00. The molecule has 1 N–H and O–H groups in total. The zero-order valence-electron chi connectivity index (χ0n) is 9.60. The van der Waals surface area contributed by atoms with Gasteiger partial charge in [-0.05, 0) is 12.5 Å². The molecule has 0 saturated carbocycles. The van der Waals surface area contributed by atoms with Crippen LogP contribution in [0.3, 0.4) is 0 Å². The molecule has 1 aromatic carbocycles. The fraction of sp³-hybridized carbons (Fsp3) is 0.231. The molecule has 0 radical (unpaired) electrons. The number of benzene rings is 1. The number of aryl methyl sites for hydroxylation is 1. The summed E-state index contributed by atoms with van der Waals surface area (Å²) in [7, 11) is 0. The molecule has 0 amide bonds. The van der Waals surface area contributed by atoms with Gasteiger partial charge in [0.1, 0.15) is 0 Å². The Labute approximate surface area is 98.7 Å². The van der Waals surface area contributed by atoms with Crippen molar-refractivity contribution in [2.24, 2.45) is 0 Å². The maximum Gasteiger partial charge on any atom is 0.249 e. The molecule has 0 spiro atoms. The Bertz CT molecular complexity index is 639. The predicted molar refractivity (Wildman–Crippen MR) is 65.6 cm³/mol. The number of fused-ring (bicyclic) bond motifs is 1. The zero-order valence-corrected chi connectivity index (χ0v) is 9.60. The van der Waals surface area contributed by atoms with Crippen molar-refractivity contribution in [1.29, 1.82) is 0 Å².